The molecule has 0 saturated carbocycles. The van der Waals surface area contributed by atoms with Gasteiger partial charge in [0.05, 0.1) is 13.1 Å². The molecule has 33 heavy (non-hydrogen) atoms. The first-order valence-electron chi connectivity index (χ1n) is 11.7. The maximum Gasteiger partial charge on any atom is 0.334 e. The molecular formula is C24H33N5O3S. The van der Waals surface area contributed by atoms with Crippen LogP contribution in [0.25, 0.3) is 0 Å². The third kappa shape index (κ3) is 5.19. The number of allylic oxidation sites excluding steroid dienone is 1. The molecule has 1 aromatic rings. The van der Waals surface area contributed by atoms with Crippen LogP contribution in [0.3, 0.4) is 0 Å². The Morgan fingerprint density at radius 3 is 2.67 bits per heavy atom. The summed E-state index contributed by atoms with van der Waals surface area (Å²) in [5.41, 5.74) is 1.01. The van der Waals surface area contributed by atoms with Gasteiger partial charge in [-0.1, -0.05) is 49.8 Å². The molecule has 2 fully saturated rings. The molecule has 1 aromatic carbocycles. The molecule has 3 aliphatic heterocycles. The van der Waals surface area contributed by atoms with Crippen molar-refractivity contribution in [2.75, 3.05) is 26.7 Å². The van der Waals surface area contributed by atoms with Crippen LogP contribution < -0.4 is 5.32 Å². The molecular weight excluding hydrogens is 438 g/mol. The molecule has 8 nitrogen and oxygen atoms in total. The SMILES string of the molecule is CCC[C@H]1C(=O)N(CCC2CC=CS2)C[C@H]2N1C(=O)CN(C)N2C(=O)NCc1ccccc1. The highest BCUT2D eigenvalue weighted by Crippen LogP contribution is 2.30. The van der Waals surface area contributed by atoms with Gasteiger partial charge in [0.15, 0.2) is 0 Å². The Hall–Kier alpha value is -2.52. The van der Waals surface area contributed by atoms with Crippen LogP contribution >= 0.6 is 11.8 Å². The van der Waals surface area contributed by atoms with E-state index in [-0.39, 0.29) is 24.4 Å². The number of benzene rings is 1. The third-order valence-corrected chi connectivity index (χ3v) is 7.65. The van der Waals surface area contributed by atoms with Gasteiger partial charge >= 0.3 is 6.03 Å². The number of thioether (sulfide) groups is 1. The lowest BCUT2D eigenvalue weighted by Crippen LogP contribution is -2.76. The van der Waals surface area contributed by atoms with Crippen molar-refractivity contribution >= 4 is 29.6 Å². The van der Waals surface area contributed by atoms with Crippen molar-refractivity contribution in [2.45, 2.75) is 56.6 Å². The molecule has 1 N–H and O–H groups in total. The van der Waals surface area contributed by atoms with E-state index in [1.807, 2.05) is 53.9 Å². The predicted molar refractivity (Wildman–Crippen MR) is 129 cm³/mol. The van der Waals surface area contributed by atoms with Gasteiger partial charge in [0.2, 0.25) is 11.8 Å². The first kappa shape index (κ1) is 23.6. The predicted octanol–water partition coefficient (Wildman–Crippen LogP) is 2.63. The van der Waals surface area contributed by atoms with Gasteiger partial charge in [0.1, 0.15) is 12.2 Å². The Kier molecular flexibility index (Phi) is 7.60. The summed E-state index contributed by atoms with van der Waals surface area (Å²) in [4.78, 5) is 43.2. The number of hydrogen-bond acceptors (Lipinski definition) is 5. The average molecular weight is 472 g/mol. The molecule has 2 saturated heterocycles. The lowest BCUT2D eigenvalue weighted by atomic mass is 10.0. The summed E-state index contributed by atoms with van der Waals surface area (Å²) in [6.45, 7) is 3.47. The number of amides is 4. The first-order chi connectivity index (χ1) is 16.0. The smallest absolute Gasteiger partial charge is 0.334 e. The summed E-state index contributed by atoms with van der Waals surface area (Å²) in [6.07, 6.45) is 4.98. The lowest BCUT2D eigenvalue weighted by molar-refractivity contribution is -0.187. The number of likely N-dealkylation sites (N-methyl/N-ethyl adjacent to an activating group) is 1. The van der Waals surface area contributed by atoms with Crippen molar-refractivity contribution < 1.29 is 14.4 Å². The highest BCUT2D eigenvalue weighted by Gasteiger charge is 2.50. The zero-order valence-corrected chi connectivity index (χ0v) is 20.2. The molecule has 0 aromatic heterocycles. The molecule has 9 heteroatoms. The summed E-state index contributed by atoms with van der Waals surface area (Å²) in [5, 5.41) is 8.90. The minimum atomic E-state index is -0.520. The number of nitrogens with zero attached hydrogens (tertiary/aromatic N) is 4. The van der Waals surface area contributed by atoms with Crippen LogP contribution in [0, 0.1) is 0 Å². The zero-order valence-electron chi connectivity index (χ0n) is 19.4. The Morgan fingerprint density at radius 2 is 1.97 bits per heavy atom. The van der Waals surface area contributed by atoms with E-state index in [1.54, 1.807) is 22.0 Å². The molecule has 0 spiro atoms. The number of carbonyl (C=O) groups excluding carboxylic acids is 3. The molecule has 4 amide bonds. The molecule has 0 aliphatic carbocycles. The van der Waals surface area contributed by atoms with E-state index in [0.717, 1.165) is 24.8 Å². The van der Waals surface area contributed by atoms with Crippen LogP contribution in [0.5, 0.6) is 0 Å². The molecule has 3 atom stereocenters. The van der Waals surface area contributed by atoms with Gasteiger partial charge in [-0.15, -0.1) is 11.8 Å². The van der Waals surface area contributed by atoms with Crippen LogP contribution in [-0.4, -0.2) is 81.8 Å². The van der Waals surface area contributed by atoms with Gasteiger partial charge in [-0.2, -0.15) is 0 Å². The van der Waals surface area contributed by atoms with Crippen LogP contribution in [0.1, 0.15) is 38.2 Å². The van der Waals surface area contributed by atoms with Crippen molar-refractivity contribution in [3.05, 3.63) is 47.4 Å². The van der Waals surface area contributed by atoms with E-state index in [2.05, 4.69) is 16.8 Å². The highest BCUT2D eigenvalue weighted by molar-refractivity contribution is 8.03. The number of carbonyl (C=O) groups is 3. The summed E-state index contributed by atoms with van der Waals surface area (Å²) in [6, 6.07) is 8.96. The molecule has 3 heterocycles. The normalized spacial score (nSPS) is 25.5. The van der Waals surface area contributed by atoms with Crippen LogP contribution in [0.2, 0.25) is 0 Å². The topological polar surface area (TPSA) is 76.2 Å². The molecule has 0 bridgehead atoms. The Bertz CT molecular complexity index is 887. The number of fused-ring (bicyclic) bond motifs is 1. The minimum Gasteiger partial charge on any atom is -0.337 e. The van der Waals surface area contributed by atoms with Crippen LogP contribution in [0.4, 0.5) is 4.79 Å². The Morgan fingerprint density at radius 1 is 1.18 bits per heavy atom. The summed E-state index contributed by atoms with van der Waals surface area (Å²) < 4.78 is 0. The van der Waals surface area contributed by atoms with Gasteiger partial charge in [0, 0.05) is 25.4 Å². The molecule has 178 valence electrons. The van der Waals surface area contributed by atoms with E-state index < -0.39 is 12.2 Å². The number of urea groups is 1. The van der Waals surface area contributed by atoms with Gasteiger partial charge < -0.3 is 15.1 Å². The quantitative estimate of drug-likeness (QED) is 0.662. The lowest BCUT2D eigenvalue weighted by Gasteiger charge is -2.54. The molecule has 4 rings (SSSR count). The number of hydrogen-bond donors (Lipinski definition) is 1. The van der Waals surface area contributed by atoms with E-state index in [4.69, 9.17) is 0 Å². The summed E-state index contributed by atoms with van der Waals surface area (Å²) in [7, 11) is 1.76. The standard InChI is InChI=1S/C24H33N5O3S/c1-3-8-20-23(31)27(13-12-19-11-7-14-33-19)16-21-28(20)22(30)17-26(2)29(21)24(32)25-15-18-9-5-4-6-10-18/h4-7,9-10,14,19-21H,3,8,11-13,15-17H2,1-2H3,(H,25,32)/t19?,20-,21-/m0/s1. The maximum atomic E-state index is 13.4. The van der Waals surface area contributed by atoms with E-state index in [1.165, 1.54) is 0 Å². The van der Waals surface area contributed by atoms with Crippen molar-refractivity contribution in [3.63, 3.8) is 0 Å². The van der Waals surface area contributed by atoms with Crippen LogP contribution in [-0.2, 0) is 16.1 Å². The van der Waals surface area contributed by atoms with Crippen molar-refractivity contribution in [1.82, 2.24) is 25.1 Å². The Balaban J connectivity index is 1.52. The monoisotopic (exact) mass is 471 g/mol. The number of piperazine rings is 1. The first-order valence-corrected chi connectivity index (χ1v) is 12.7. The second kappa shape index (κ2) is 10.6. The fourth-order valence-electron chi connectivity index (χ4n) is 4.83. The van der Waals surface area contributed by atoms with E-state index in [9.17, 15) is 14.4 Å². The van der Waals surface area contributed by atoms with Gasteiger partial charge in [-0.05, 0) is 30.2 Å². The second-order valence-electron chi connectivity index (χ2n) is 8.83. The zero-order chi connectivity index (χ0) is 23.4. The second-order valence-corrected chi connectivity index (χ2v) is 10.0. The summed E-state index contributed by atoms with van der Waals surface area (Å²) >= 11 is 1.81. The molecule has 3 aliphatic rings. The minimum absolute atomic E-state index is 0.00611. The van der Waals surface area contributed by atoms with Crippen molar-refractivity contribution in [1.29, 1.82) is 0 Å². The molecule has 0 radical (unpaired) electrons. The number of hydrazine groups is 1. The fourth-order valence-corrected chi connectivity index (χ4v) is 5.73. The third-order valence-electron chi connectivity index (χ3n) is 6.48. The fraction of sp³-hybridized carbons (Fsp3) is 0.542. The van der Waals surface area contributed by atoms with Gasteiger partial charge in [-0.25, -0.2) is 14.8 Å². The average Bonchev–Trinajstić information content (AvgIpc) is 3.33. The van der Waals surface area contributed by atoms with E-state index in [0.29, 0.717) is 31.3 Å². The molecule has 1 unspecified atom stereocenters. The highest BCUT2D eigenvalue weighted by atomic mass is 32.2. The van der Waals surface area contributed by atoms with Crippen molar-refractivity contribution in [3.8, 4) is 0 Å². The van der Waals surface area contributed by atoms with Gasteiger partial charge in [-0.3, -0.25) is 9.59 Å². The Labute approximate surface area is 199 Å². The number of nitrogens with one attached hydrogen (secondary N) is 1. The largest absolute Gasteiger partial charge is 0.337 e. The van der Waals surface area contributed by atoms with E-state index >= 15 is 0 Å². The maximum absolute atomic E-state index is 13.4. The van der Waals surface area contributed by atoms with Crippen LogP contribution in [0.15, 0.2) is 41.8 Å². The van der Waals surface area contributed by atoms with Gasteiger partial charge in [0.25, 0.3) is 0 Å². The number of rotatable bonds is 7. The summed E-state index contributed by atoms with van der Waals surface area (Å²) in [5.74, 6) is -0.0942. The van der Waals surface area contributed by atoms with Crippen molar-refractivity contribution in [2.24, 2.45) is 0 Å².